The molecule has 1 aromatic heterocycles. The van der Waals surface area contributed by atoms with E-state index in [4.69, 9.17) is 4.74 Å². The van der Waals surface area contributed by atoms with E-state index in [0.717, 1.165) is 12.4 Å². The highest BCUT2D eigenvalue weighted by atomic mass is 32.2. The highest BCUT2D eigenvalue weighted by Crippen LogP contribution is 2.36. The van der Waals surface area contributed by atoms with Crippen molar-refractivity contribution in [1.82, 2.24) is 9.29 Å². The molecule has 0 radical (unpaired) electrons. The van der Waals surface area contributed by atoms with Crippen molar-refractivity contribution >= 4 is 15.8 Å². The Morgan fingerprint density at radius 3 is 2.68 bits per heavy atom. The zero-order valence-corrected chi connectivity index (χ0v) is 14.6. The SMILES string of the molecule is O=S(=O)(c1ccccc1)N1C[C@H]2[C@H](CNc3ccccn3)CO[C@H]2C1. The lowest BCUT2D eigenvalue weighted by Gasteiger charge is -2.20. The fourth-order valence-corrected chi connectivity index (χ4v) is 5.12. The Labute approximate surface area is 147 Å². The average molecular weight is 359 g/mol. The van der Waals surface area contributed by atoms with Crippen LogP contribution in [0, 0.1) is 11.8 Å². The number of ether oxygens (including phenoxy) is 1. The summed E-state index contributed by atoms with van der Waals surface area (Å²) >= 11 is 0. The van der Waals surface area contributed by atoms with Crippen molar-refractivity contribution in [2.75, 3.05) is 31.6 Å². The minimum absolute atomic E-state index is 0.0194. The summed E-state index contributed by atoms with van der Waals surface area (Å²) in [6.45, 7) is 2.34. The fourth-order valence-electron chi connectivity index (χ4n) is 3.61. The van der Waals surface area contributed by atoms with E-state index in [9.17, 15) is 8.42 Å². The number of aromatic nitrogens is 1. The van der Waals surface area contributed by atoms with Gasteiger partial charge in [-0.25, -0.2) is 13.4 Å². The minimum atomic E-state index is -3.45. The van der Waals surface area contributed by atoms with E-state index < -0.39 is 10.0 Å². The molecule has 4 rings (SSSR count). The van der Waals surface area contributed by atoms with Crippen LogP contribution in [0.1, 0.15) is 0 Å². The third-order valence-corrected chi connectivity index (χ3v) is 6.84. The van der Waals surface area contributed by atoms with Gasteiger partial charge in [-0.05, 0) is 24.3 Å². The van der Waals surface area contributed by atoms with Gasteiger partial charge >= 0.3 is 0 Å². The van der Waals surface area contributed by atoms with E-state index in [0.29, 0.717) is 24.6 Å². The maximum absolute atomic E-state index is 12.8. The van der Waals surface area contributed by atoms with Gasteiger partial charge in [0.2, 0.25) is 10.0 Å². The molecule has 0 bridgehead atoms. The molecule has 3 atom stereocenters. The summed E-state index contributed by atoms with van der Waals surface area (Å²) < 4.78 is 33.0. The van der Waals surface area contributed by atoms with E-state index >= 15 is 0 Å². The van der Waals surface area contributed by atoms with E-state index in [-0.39, 0.29) is 17.9 Å². The van der Waals surface area contributed by atoms with Crippen LogP contribution in [0.15, 0.2) is 59.6 Å². The standard InChI is InChI=1S/C18H21N3O3S/c22-25(23,15-6-2-1-3-7-15)21-11-16-14(13-24-17(16)12-21)10-20-18-8-4-5-9-19-18/h1-9,14,16-17H,10-13H2,(H,19,20)/t14-,16+,17+/m1/s1. The molecule has 0 spiro atoms. The number of sulfonamides is 1. The summed E-state index contributed by atoms with van der Waals surface area (Å²) in [7, 11) is -3.45. The van der Waals surface area contributed by atoms with Gasteiger partial charge in [0.05, 0.1) is 17.6 Å². The van der Waals surface area contributed by atoms with Crippen LogP contribution in [0.25, 0.3) is 0 Å². The van der Waals surface area contributed by atoms with Gasteiger partial charge in [0.25, 0.3) is 0 Å². The Bertz CT molecular complexity index is 814. The molecule has 1 N–H and O–H groups in total. The molecule has 7 heteroatoms. The molecule has 0 amide bonds. The summed E-state index contributed by atoms with van der Waals surface area (Å²) in [6.07, 6.45) is 1.73. The number of hydrogen-bond donors (Lipinski definition) is 1. The molecule has 0 unspecified atom stereocenters. The number of pyridine rings is 1. The molecule has 2 saturated heterocycles. The quantitative estimate of drug-likeness (QED) is 0.882. The van der Waals surface area contributed by atoms with Gasteiger partial charge in [-0.15, -0.1) is 0 Å². The molecule has 6 nitrogen and oxygen atoms in total. The molecule has 132 valence electrons. The van der Waals surface area contributed by atoms with E-state index in [1.165, 1.54) is 0 Å². The number of nitrogens with one attached hydrogen (secondary N) is 1. The zero-order valence-electron chi connectivity index (χ0n) is 13.8. The second-order valence-electron chi connectivity index (χ2n) is 6.53. The monoisotopic (exact) mass is 359 g/mol. The first-order valence-corrected chi connectivity index (χ1v) is 9.90. The Morgan fingerprint density at radius 2 is 1.92 bits per heavy atom. The largest absolute Gasteiger partial charge is 0.376 e. The number of hydrogen-bond acceptors (Lipinski definition) is 5. The van der Waals surface area contributed by atoms with Gasteiger partial charge in [0, 0.05) is 37.7 Å². The van der Waals surface area contributed by atoms with Gasteiger partial charge in [-0.2, -0.15) is 4.31 Å². The maximum Gasteiger partial charge on any atom is 0.243 e. The maximum atomic E-state index is 12.8. The third-order valence-electron chi connectivity index (χ3n) is 5.00. The van der Waals surface area contributed by atoms with Crippen LogP contribution in [0.3, 0.4) is 0 Å². The molecule has 1 aromatic carbocycles. The molecule has 0 saturated carbocycles. The number of benzene rings is 1. The molecular formula is C18H21N3O3S. The Hall–Kier alpha value is -1.96. The van der Waals surface area contributed by atoms with Gasteiger partial charge < -0.3 is 10.1 Å². The lowest BCUT2D eigenvalue weighted by molar-refractivity contribution is 0.104. The third kappa shape index (κ3) is 3.27. The van der Waals surface area contributed by atoms with Gasteiger partial charge in [0.15, 0.2) is 0 Å². The summed E-state index contributed by atoms with van der Waals surface area (Å²) in [5, 5.41) is 3.33. The van der Waals surface area contributed by atoms with Crippen LogP contribution in [0.5, 0.6) is 0 Å². The predicted octanol–water partition coefficient (Wildman–Crippen LogP) is 1.83. The Kier molecular flexibility index (Phi) is 4.45. The summed E-state index contributed by atoms with van der Waals surface area (Å²) in [5.41, 5.74) is 0. The van der Waals surface area contributed by atoms with Crippen LogP contribution < -0.4 is 5.32 Å². The smallest absolute Gasteiger partial charge is 0.243 e. The minimum Gasteiger partial charge on any atom is -0.376 e. The topological polar surface area (TPSA) is 71.5 Å². The summed E-state index contributed by atoms with van der Waals surface area (Å²) in [6, 6.07) is 14.3. The molecule has 2 aliphatic heterocycles. The first kappa shape index (κ1) is 16.5. The molecule has 2 aliphatic rings. The first-order chi connectivity index (χ1) is 12.1. The van der Waals surface area contributed by atoms with E-state index in [1.54, 1.807) is 34.8 Å². The Morgan fingerprint density at radius 1 is 1.12 bits per heavy atom. The van der Waals surface area contributed by atoms with Crippen LogP contribution >= 0.6 is 0 Å². The average Bonchev–Trinajstić information content (AvgIpc) is 3.23. The molecular weight excluding hydrogens is 338 g/mol. The van der Waals surface area contributed by atoms with E-state index in [2.05, 4.69) is 10.3 Å². The van der Waals surface area contributed by atoms with Crippen LogP contribution in [-0.2, 0) is 14.8 Å². The predicted molar refractivity (Wildman–Crippen MR) is 94.6 cm³/mol. The fraction of sp³-hybridized carbons (Fsp3) is 0.389. The van der Waals surface area contributed by atoms with Crippen molar-refractivity contribution in [3.8, 4) is 0 Å². The van der Waals surface area contributed by atoms with Gasteiger partial charge in [-0.3, -0.25) is 0 Å². The van der Waals surface area contributed by atoms with E-state index in [1.807, 2.05) is 24.3 Å². The van der Waals surface area contributed by atoms with Crippen molar-refractivity contribution in [3.05, 3.63) is 54.7 Å². The normalized spacial score (nSPS) is 26.5. The lowest BCUT2D eigenvalue weighted by atomic mass is 9.93. The molecule has 2 fully saturated rings. The highest BCUT2D eigenvalue weighted by molar-refractivity contribution is 7.89. The van der Waals surface area contributed by atoms with Crippen molar-refractivity contribution in [2.24, 2.45) is 11.8 Å². The van der Waals surface area contributed by atoms with Crippen LogP contribution in [0.4, 0.5) is 5.82 Å². The van der Waals surface area contributed by atoms with Gasteiger partial charge in [0.1, 0.15) is 5.82 Å². The highest BCUT2D eigenvalue weighted by Gasteiger charge is 2.47. The Balaban J connectivity index is 1.43. The molecule has 0 aliphatic carbocycles. The number of fused-ring (bicyclic) bond motifs is 1. The number of rotatable bonds is 5. The van der Waals surface area contributed by atoms with Crippen LogP contribution in [0.2, 0.25) is 0 Å². The molecule has 2 aromatic rings. The number of anilines is 1. The zero-order chi connectivity index (χ0) is 17.3. The van der Waals surface area contributed by atoms with Crippen molar-refractivity contribution in [2.45, 2.75) is 11.0 Å². The summed E-state index contributed by atoms with van der Waals surface area (Å²) in [4.78, 5) is 4.61. The van der Waals surface area contributed by atoms with Crippen molar-refractivity contribution < 1.29 is 13.2 Å². The van der Waals surface area contributed by atoms with Crippen LogP contribution in [-0.4, -0.2) is 50.1 Å². The van der Waals surface area contributed by atoms with Gasteiger partial charge in [-0.1, -0.05) is 24.3 Å². The molecule has 3 heterocycles. The number of nitrogens with zero attached hydrogens (tertiary/aromatic N) is 2. The summed E-state index contributed by atoms with van der Waals surface area (Å²) in [5.74, 6) is 1.33. The van der Waals surface area contributed by atoms with Crippen molar-refractivity contribution in [1.29, 1.82) is 0 Å². The van der Waals surface area contributed by atoms with Crippen molar-refractivity contribution in [3.63, 3.8) is 0 Å². The first-order valence-electron chi connectivity index (χ1n) is 8.46. The molecule has 25 heavy (non-hydrogen) atoms. The lowest BCUT2D eigenvalue weighted by Crippen LogP contribution is -2.32. The second kappa shape index (κ2) is 6.74. The second-order valence-corrected chi connectivity index (χ2v) is 8.46.